The predicted molar refractivity (Wildman–Crippen MR) is 91.9 cm³/mol. The van der Waals surface area contributed by atoms with Gasteiger partial charge in [0.15, 0.2) is 0 Å². The van der Waals surface area contributed by atoms with Gasteiger partial charge in [-0.1, -0.05) is 6.42 Å². The summed E-state index contributed by atoms with van der Waals surface area (Å²) in [6.07, 6.45) is 5.28. The minimum atomic E-state index is 0.150. The van der Waals surface area contributed by atoms with Gasteiger partial charge in [-0.25, -0.2) is 0 Å². The molecule has 0 aromatic heterocycles. The summed E-state index contributed by atoms with van der Waals surface area (Å²) < 4.78 is 5.64. The minimum absolute atomic E-state index is 0.150. The summed E-state index contributed by atoms with van der Waals surface area (Å²) in [5, 5.41) is 0. The maximum Gasteiger partial charge on any atom is 0.253 e. The Morgan fingerprint density at radius 1 is 1.04 bits per heavy atom. The van der Waals surface area contributed by atoms with Gasteiger partial charge in [0.05, 0.1) is 6.10 Å². The molecule has 1 saturated carbocycles. The normalized spacial score (nSPS) is 20.2. The number of ether oxygens (including phenoxy) is 1. The van der Waals surface area contributed by atoms with Crippen molar-refractivity contribution in [3.8, 4) is 5.75 Å². The van der Waals surface area contributed by atoms with E-state index < -0.39 is 0 Å². The molecule has 0 spiro atoms. The molecule has 1 aliphatic heterocycles. The molecule has 1 heterocycles. The fourth-order valence-corrected chi connectivity index (χ4v) is 3.39. The lowest BCUT2D eigenvalue weighted by molar-refractivity contribution is 0.0749. The van der Waals surface area contributed by atoms with Gasteiger partial charge in [-0.2, -0.15) is 0 Å². The van der Waals surface area contributed by atoms with Crippen LogP contribution in [0.5, 0.6) is 5.75 Å². The van der Waals surface area contributed by atoms with Crippen LogP contribution in [0.1, 0.15) is 49.9 Å². The summed E-state index contributed by atoms with van der Waals surface area (Å²) in [7, 11) is 0. The third-order valence-corrected chi connectivity index (χ3v) is 4.88. The first-order valence-electron chi connectivity index (χ1n) is 8.93. The Bertz CT molecular complexity index is 523. The van der Waals surface area contributed by atoms with Crippen molar-refractivity contribution < 1.29 is 9.53 Å². The molecule has 1 amide bonds. The highest BCUT2D eigenvalue weighted by molar-refractivity contribution is 5.94. The Hall–Kier alpha value is -1.55. The fourth-order valence-electron chi connectivity index (χ4n) is 3.39. The maximum absolute atomic E-state index is 12.7. The topological polar surface area (TPSA) is 32.8 Å². The zero-order chi connectivity index (χ0) is 16.2. The molecular weight excluding hydrogens is 288 g/mol. The van der Waals surface area contributed by atoms with E-state index in [1.165, 1.54) is 19.3 Å². The molecule has 23 heavy (non-hydrogen) atoms. The Balaban J connectivity index is 1.58. The minimum Gasteiger partial charge on any atom is -0.491 e. The summed E-state index contributed by atoms with van der Waals surface area (Å²) in [5.41, 5.74) is 0.762. The largest absolute Gasteiger partial charge is 0.491 e. The average Bonchev–Trinajstić information content (AvgIpc) is 2.71. The van der Waals surface area contributed by atoms with Crippen LogP contribution in [0, 0.1) is 0 Å². The predicted octanol–water partition coefficient (Wildman–Crippen LogP) is 3.17. The first-order chi connectivity index (χ1) is 11.1. The number of hydrogen-bond acceptors (Lipinski definition) is 3. The van der Waals surface area contributed by atoms with Crippen molar-refractivity contribution in [3.05, 3.63) is 29.8 Å². The van der Waals surface area contributed by atoms with E-state index in [4.69, 9.17) is 4.74 Å². The molecule has 0 bridgehead atoms. The van der Waals surface area contributed by atoms with Gasteiger partial charge in [0.2, 0.25) is 0 Å². The maximum atomic E-state index is 12.7. The van der Waals surface area contributed by atoms with E-state index in [1.807, 2.05) is 43.0 Å². The highest BCUT2D eigenvalue weighted by Crippen LogP contribution is 2.25. The Morgan fingerprint density at radius 3 is 2.39 bits per heavy atom. The van der Waals surface area contributed by atoms with E-state index in [0.29, 0.717) is 0 Å². The molecule has 2 fully saturated rings. The summed E-state index contributed by atoms with van der Waals surface area (Å²) in [5.74, 6) is 0.972. The number of carbonyl (C=O) groups excluding carboxylic acids is 1. The monoisotopic (exact) mass is 316 g/mol. The van der Waals surface area contributed by atoms with Crippen molar-refractivity contribution in [2.24, 2.45) is 0 Å². The Labute approximate surface area is 139 Å². The number of benzene rings is 1. The van der Waals surface area contributed by atoms with Crippen LogP contribution in [0.2, 0.25) is 0 Å². The smallest absolute Gasteiger partial charge is 0.253 e. The first-order valence-corrected chi connectivity index (χ1v) is 8.93. The van der Waals surface area contributed by atoms with Crippen molar-refractivity contribution >= 4 is 5.91 Å². The van der Waals surface area contributed by atoms with E-state index >= 15 is 0 Å². The summed E-state index contributed by atoms with van der Waals surface area (Å²) in [6.45, 7) is 7.88. The fraction of sp³-hybridized carbons (Fsp3) is 0.632. The molecule has 1 aromatic carbocycles. The van der Waals surface area contributed by atoms with Crippen LogP contribution in [-0.2, 0) is 0 Å². The molecule has 0 radical (unpaired) electrons. The molecule has 2 aliphatic rings. The summed E-state index contributed by atoms with van der Waals surface area (Å²) in [4.78, 5) is 17.3. The van der Waals surface area contributed by atoms with E-state index in [9.17, 15) is 4.79 Å². The van der Waals surface area contributed by atoms with Gasteiger partial charge in [-0.05, 0) is 57.4 Å². The number of nitrogens with zero attached hydrogens (tertiary/aromatic N) is 2. The van der Waals surface area contributed by atoms with Gasteiger partial charge in [-0.15, -0.1) is 0 Å². The molecule has 0 unspecified atom stereocenters. The van der Waals surface area contributed by atoms with Crippen LogP contribution in [0.3, 0.4) is 0 Å². The van der Waals surface area contributed by atoms with Crippen molar-refractivity contribution in [1.82, 2.24) is 9.80 Å². The van der Waals surface area contributed by atoms with Crippen LogP contribution < -0.4 is 4.74 Å². The molecule has 1 saturated heterocycles. The lowest BCUT2D eigenvalue weighted by Gasteiger charge is -2.36. The van der Waals surface area contributed by atoms with E-state index in [2.05, 4.69) is 4.90 Å². The highest BCUT2D eigenvalue weighted by atomic mass is 16.5. The second-order valence-electron chi connectivity index (χ2n) is 6.96. The lowest BCUT2D eigenvalue weighted by atomic mass is 9.91. The molecular formula is C19H28N2O2. The molecule has 1 aromatic rings. The van der Waals surface area contributed by atoms with E-state index in [-0.39, 0.29) is 12.0 Å². The van der Waals surface area contributed by atoms with Crippen LogP contribution in [0.15, 0.2) is 24.3 Å². The zero-order valence-electron chi connectivity index (χ0n) is 14.3. The van der Waals surface area contributed by atoms with Gasteiger partial charge >= 0.3 is 0 Å². The van der Waals surface area contributed by atoms with Gasteiger partial charge < -0.3 is 9.64 Å². The Kier molecular flexibility index (Phi) is 5.21. The number of rotatable bonds is 4. The molecule has 126 valence electrons. The van der Waals surface area contributed by atoms with Crippen LogP contribution in [0.4, 0.5) is 0 Å². The summed E-state index contributed by atoms with van der Waals surface area (Å²) >= 11 is 0. The average molecular weight is 316 g/mol. The van der Waals surface area contributed by atoms with Gasteiger partial charge in [0.1, 0.15) is 5.75 Å². The van der Waals surface area contributed by atoms with Crippen molar-refractivity contribution in [2.45, 2.75) is 51.7 Å². The van der Waals surface area contributed by atoms with Crippen molar-refractivity contribution in [3.63, 3.8) is 0 Å². The van der Waals surface area contributed by atoms with E-state index in [1.54, 1.807) is 0 Å². The highest BCUT2D eigenvalue weighted by Gasteiger charge is 2.27. The molecule has 4 heteroatoms. The number of amides is 1. The van der Waals surface area contributed by atoms with Crippen molar-refractivity contribution in [1.29, 1.82) is 0 Å². The van der Waals surface area contributed by atoms with Gasteiger partial charge in [0.25, 0.3) is 5.91 Å². The second-order valence-corrected chi connectivity index (χ2v) is 6.96. The third kappa shape index (κ3) is 4.05. The Morgan fingerprint density at radius 2 is 1.78 bits per heavy atom. The first kappa shape index (κ1) is 16.3. The standard InChI is InChI=1S/C19H28N2O2/c1-15(2)23-18-9-7-16(8-10-18)19(22)21-12-4-11-20(13-14-21)17-5-3-6-17/h7-10,15,17H,3-6,11-14H2,1-2H3. The van der Waals surface area contributed by atoms with Crippen LogP contribution >= 0.6 is 0 Å². The molecule has 0 N–H and O–H groups in total. The van der Waals surface area contributed by atoms with Crippen LogP contribution in [0.25, 0.3) is 0 Å². The SMILES string of the molecule is CC(C)Oc1ccc(C(=O)N2CCCN(C3CCC3)CC2)cc1. The van der Waals surface area contributed by atoms with Gasteiger partial charge in [0, 0.05) is 37.8 Å². The molecule has 3 rings (SSSR count). The van der Waals surface area contributed by atoms with Crippen molar-refractivity contribution in [2.75, 3.05) is 26.2 Å². The van der Waals surface area contributed by atoms with E-state index in [0.717, 1.165) is 50.0 Å². The number of carbonyl (C=O) groups is 1. The van der Waals surface area contributed by atoms with Gasteiger partial charge in [-0.3, -0.25) is 9.69 Å². The second kappa shape index (κ2) is 7.35. The molecule has 4 nitrogen and oxygen atoms in total. The summed E-state index contributed by atoms with van der Waals surface area (Å²) in [6, 6.07) is 8.33. The third-order valence-electron chi connectivity index (χ3n) is 4.88. The molecule has 0 atom stereocenters. The quantitative estimate of drug-likeness (QED) is 0.855. The van der Waals surface area contributed by atoms with Crippen LogP contribution in [-0.4, -0.2) is 54.0 Å². The number of hydrogen-bond donors (Lipinski definition) is 0. The zero-order valence-corrected chi connectivity index (χ0v) is 14.3. The lowest BCUT2D eigenvalue weighted by Crippen LogP contribution is -2.42. The molecule has 1 aliphatic carbocycles.